The number of aromatic nitrogens is 2. The van der Waals surface area contributed by atoms with E-state index in [0.29, 0.717) is 6.04 Å². The van der Waals surface area contributed by atoms with E-state index in [2.05, 4.69) is 30.9 Å². The van der Waals surface area contributed by atoms with E-state index in [-0.39, 0.29) is 0 Å². The van der Waals surface area contributed by atoms with Gasteiger partial charge in [-0.2, -0.15) is 5.10 Å². The molecule has 3 nitrogen and oxygen atoms in total. The number of rotatable bonds is 1. The number of hydrogen-bond acceptors (Lipinski definition) is 2. The molecule has 0 spiro atoms. The minimum absolute atomic E-state index is 0.378. The molecular formula is C8H11N3. The average molecular weight is 149 g/mol. The molecule has 3 heteroatoms. The zero-order chi connectivity index (χ0) is 8.27. The molecule has 11 heavy (non-hydrogen) atoms. The van der Waals surface area contributed by atoms with Gasteiger partial charge < -0.3 is 5.73 Å². The number of nitrogens with two attached hydrogens (primary N) is 1. The van der Waals surface area contributed by atoms with Crippen molar-refractivity contribution in [1.82, 2.24) is 9.78 Å². The molecular weight excluding hydrogens is 138 g/mol. The standard InChI is InChI=1S/C8H11N3/c1-7(2)11-6-4-8(10-11)3-5-9/h4,6-7H,9H2,1-2H3. The van der Waals surface area contributed by atoms with Crippen LogP contribution < -0.4 is 5.73 Å². The summed E-state index contributed by atoms with van der Waals surface area (Å²) in [5, 5.41) is 4.16. The van der Waals surface area contributed by atoms with Crippen molar-refractivity contribution in [3.05, 3.63) is 18.0 Å². The highest BCUT2D eigenvalue weighted by molar-refractivity contribution is 5.24. The Balaban J connectivity index is 2.87. The molecule has 0 aliphatic heterocycles. The maximum absolute atomic E-state index is 5.04. The summed E-state index contributed by atoms with van der Waals surface area (Å²) in [6, 6.07) is 4.54. The maximum Gasteiger partial charge on any atom is 0.137 e. The van der Waals surface area contributed by atoms with Crippen molar-refractivity contribution in [2.24, 2.45) is 5.73 Å². The largest absolute Gasteiger partial charge is 0.359 e. The first-order valence-electron chi connectivity index (χ1n) is 3.51. The fraction of sp³-hybridized carbons (Fsp3) is 0.375. The number of hydrogen-bond donors (Lipinski definition) is 1. The molecule has 0 aliphatic rings. The molecule has 0 saturated carbocycles. The van der Waals surface area contributed by atoms with E-state index in [0.717, 1.165) is 5.69 Å². The lowest BCUT2D eigenvalue weighted by Crippen LogP contribution is -2.00. The highest BCUT2D eigenvalue weighted by Crippen LogP contribution is 2.02. The molecule has 0 unspecified atom stereocenters. The van der Waals surface area contributed by atoms with Gasteiger partial charge in [-0.15, -0.1) is 0 Å². The second-order valence-electron chi connectivity index (χ2n) is 2.54. The third-order valence-electron chi connectivity index (χ3n) is 1.34. The van der Waals surface area contributed by atoms with Crippen LogP contribution in [-0.4, -0.2) is 9.78 Å². The molecule has 58 valence electrons. The van der Waals surface area contributed by atoms with Gasteiger partial charge in [0.1, 0.15) is 5.69 Å². The molecule has 0 aliphatic carbocycles. The Morgan fingerprint density at radius 2 is 2.36 bits per heavy atom. The van der Waals surface area contributed by atoms with Gasteiger partial charge in [-0.3, -0.25) is 4.68 Å². The molecule has 2 N–H and O–H groups in total. The fourth-order valence-corrected chi connectivity index (χ4v) is 0.766. The topological polar surface area (TPSA) is 43.8 Å². The van der Waals surface area contributed by atoms with Crippen LogP contribution in [0.2, 0.25) is 0 Å². The number of nitrogens with zero attached hydrogens (tertiary/aromatic N) is 2. The van der Waals surface area contributed by atoms with E-state index in [9.17, 15) is 0 Å². The van der Waals surface area contributed by atoms with E-state index in [4.69, 9.17) is 5.73 Å². The fourth-order valence-electron chi connectivity index (χ4n) is 0.766. The lowest BCUT2D eigenvalue weighted by Gasteiger charge is -2.02. The Kier molecular flexibility index (Phi) is 2.17. The van der Waals surface area contributed by atoms with E-state index in [1.165, 1.54) is 0 Å². The quantitative estimate of drug-likeness (QED) is 0.472. The van der Waals surface area contributed by atoms with Crippen LogP contribution in [-0.2, 0) is 0 Å². The predicted octanol–water partition coefficient (Wildman–Crippen LogP) is 0.732. The second-order valence-corrected chi connectivity index (χ2v) is 2.54. The summed E-state index contributed by atoms with van der Waals surface area (Å²) in [6.07, 6.45) is 1.89. The van der Waals surface area contributed by atoms with Crippen LogP contribution in [0.4, 0.5) is 0 Å². The van der Waals surface area contributed by atoms with Crippen LogP contribution in [0.25, 0.3) is 0 Å². The van der Waals surface area contributed by atoms with Gasteiger partial charge in [-0.25, -0.2) is 0 Å². The highest BCUT2D eigenvalue weighted by atomic mass is 15.3. The maximum atomic E-state index is 5.04. The molecule has 1 aromatic heterocycles. The summed E-state index contributed by atoms with van der Waals surface area (Å²) in [6.45, 7) is 4.12. The van der Waals surface area contributed by atoms with Crippen LogP contribution >= 0.6 is 0 Å². The Hall–Kier alpha value is -1.43. The summed E-state index contributed by atoms with van der Waals surface area (Å²) in [5.41, 5.74) is 5.76. The van der Waals surface area contributed by atoms with Gasteiger partial charge in [0.25, 0.3) is 0 Å². The monoisotopic (exact) mass is 149 g/mol. The molecule has 0 atom stereocenters. The van der Waals surface area contributed by atoms with Crippen molar-refractivity contribution in [3.8, 4) is 12.0 Å². The molecule has 0 amide bonds. The Bertz CT molecular complexity index is 288. The summed E-state index contributed by atoms with van der Waals surface area (Å²) in [4.78, 5) is 0. The summed E-state index contributed by atoms with van der Waals surface area (Å²) in [5.74, 6) is 2.68. The molecule has 1 rings (SSSR count). The van der Waals surface area contributed by atoms with E-state index in [1.807, 2.05) is 16.9 Å². The third-order valence-corrected chi connectivity index (χ3v) is 1.34. The SMILES string of the molecule is CC(C)n1ccc(C#CN)n1. The normalized spacial score (nSPS) is 9.36. The van der Waals surface area contributed by atoms with Crippen molar-refractivity contribution in [1.29, 1.82) is 0 Å². The van der Waals surface area contributed by atoms with Crippen LogP contribution in [0.5, 0.6) is 0 Å². The molecule has 1 aromatic rings. The first-order valence-corrected chi connectivity index (χ1v) is 3.51. The van der Waals surface area contributed by atoms with Crippen molar-refractivity contribution < 1.29 is 0 Å². The predicted molar refractivity (Wildman–Crippen MR) is 43.7 cm³/mol. The minimum atomic E-state index is 0.378. The van der Waals surface area contributed by atoms with Gasteiger partial charge in [0.15, 0.2) is 0 Å². The van der Waals surface area contributed by atoms with Crippen molar-refractivity contribution >= 4 is 0 Å². The van der Waals surface area contributed by atoms with Gasteiger partial charge in [-0.1, -0.05) is 0 Å². The molecule has 0 radical (unpaired) electrons. The first kappa shape index (κ1) is 7.67. The first-order chi connectivity index (χ1) is 5.24. The molecule has 1 heterocycles. The lowest BCUT2D eigenvalue weighted by molar-refractivity contribution is 0.531. The van der Waals surface area contributed by atoms with Gasteiger partial charge in [0.2, 0.25) is 0 Å². The van der Waals surface area contributed by atoms with Crippen molar-refractivity contribution in [3.63, 3.8) is 0 Å². The molecule has 0 fully saturated rings. The molecule has 0 saturated heterocycles. The third kappa shape index (κ3) is 1.74. The smallest absolute Gasteiger partial charge is 0.137 e. The highest BCUT2D eigenvalue weighted by Gasteiger charge is 1.97. The van der Waals surface area contributed by atoms with Crippen molar-refractivity contribution in [2.75, 3.05) is 0 Å². The van der Waals surface area contributed by atoms with E-state index >= 15 is 0 Å². The summed E-state index contributed by atoms with van der Waals surface area (Å²) in [7, 11) is 0. The van der Waals surface area contributed by atoms with Gasteiger partial charge >= 0.3 is 0 Å². The van der Waals surface area contributed by atoms with Crippen molar-refractivity contribution in [2.45, 2.75) is 19.9 Å². The zero-order valence-corrected chi connectivity index (χ0v) is 6.70. The average Bonchev–Trinajstić information content (AvgIpc) is 2.37. The molecule has 0 aromatic carbocycles. The van der Waals surface area contributed by atoms with Crippen LogP contribution in [0.15, 0.2) is 12.3 Å². The van der Waals surface area contributed by atoms with Gasteiger partial charge in [0.05, 0.1) is 0 Å². The van der Waals surface area contributed by atoms with Crippen LogP contribution in [0, 0.1) is 12.0 Å². The second kappa shape index (κ2) is 3.11. The Morgan fingerprint density at radius 1 is 1.64 bits per heavy atom. The van der Waals surface area contributed by atoms with Crippen LogP contribution in [0.3, 0.4) is 0 Å². The lowest BCUT2D eigenvalue weighted by atomic mass is 10.4. The van der Waals surface area contributed by atoms with Crippen LogP contribution in [0.1, 0.15) is 25.6 Å². The minimum Gasteiger partial charge on any atom is -0.359 e. The zero-order valence-electron chi connectivity index (χ0n) is 6.70. The Labute approximate surface area is 66.2 Å². The van der Waals surface area contributed by atoms with Gasteiger partial charge in [-0.05, 0) is 25.8 Å². The van der Waals surface area contributed by atoms with E-state index < -0.39 is 0 Å². The van der Waals surface area contributed by atoms with Gasteiger partial charge in [0, 0.05) is 18.3 Å². The van der Waals surface area contributed by atoms with E-state index in [1.54, 1.807) is 0 Å². The Morgan fingerprint density at radius 3 is 2.82 bits per heavy atom. The summed E-state index contributed by atoms with van der Waals surface area (Å²) >= 11 is 0. The molecule has 0 bridgehead atoms. The summed E-state index contributed by atoms with van der Waals surface area (Å²) < 4.78 is 1.85.